The Morgan fingerprint density at radius 3 is 2.68 bits per heavy atom. The number of amides is 1. The number of piperidine rings is 1. The Hall–Kier alpha value is -2.69. The molecule has 1 saturated heterocycles. The molecule has 3 aromatic rings. The third kappa shape index (κ3) is 2.90. The van der Waals surface area contributed by atoms with Gasteiger partial charge in [-0.25, -0.2) is 0 Å². The lowest BCUT2D eigenvalue weighted by molar-refractivity contribution is 0.0712. The molecule has 2 aromatic carbocycles. The van der Waals surface area contributed by atoms with Gasteiger partial charge in [0.15, 0.2) is 0 Å². The number of aryl methyl sites for hydroxylation is 1. The predicted molar refractivity (Wildman–Crippen MR) is 97.5 cm³/mol. The largest absolute Gasteiger partial charge is 0.339 e. The third-order valence-corrected chi connectivity index (χ3v) is 5.15. The fraction of sp³-hybridized carbons (Fsp3) is 0.350. The quantitative estimate of drug-likeness (QED) is 0.737. The van der Waals surface area contributed by atoms with E-state index in [1.807, 2.05) is 35.2 Å². The summed E-state index contributed by atoms with van der Waals surface area (Å²) in [5.41, 5.74) is 0.799. The highest BCUT2D eigenvalue weighted by molar-refractivity contribution is 6.07. The highest BCUT2D eigenvalue weighted by Crippen LogP contribution is 2.28. The molecule has 128 valence electrons. The molecule has 0 bridgehead atoms. The number of fused-ring (bicyclic) bond motifs is 1. The molecule has 4 rings (SSSR count). The number of hydrogen-bond acceptors (Lipinski definition) is 3. The molecule has 1 fully saturated rings. The molecule has 0 atom stereocenters. The van der Waals surface area contributed by atoms with Crippen LogP contribution in [0, 0.1) is 0 Å². The highest BCUT2D eigenvalue weighted by Gasteiger charge is 2.27. The SMILES string of the molecule is CCn1cnnc1C1CCN(C(=O)c2cccc3ccccc23)CC1. The Balaban J connectivity index is 1.51. The first-order valence-corrected chi connectivity index (χ1v) is 8.92. The normalized spacial score (nSPS) is 15.6. The standard InChI is InChI=1S/C20H22N4O/c1-2-23-14-21-22-19(23)16-10-12-24(13-11-16)20(25)18-9-5-7-15-6-3-4-8-17(15)18/h3-9,14,16H,2,10-13H2,1H3. The van der Waals surface area contributed by atoms with Crippen molar-refractivity contribution < 1.29 is 4.79 Å². The van der Waals surface area contributed by atoms with E-state index in [1.54, 1.807) is 6.33 Å². The van der Waals surface area contributed by atoms with Crippen LogP contribution < -0.4 is 0 Å². The average molecular weight is 334 g/mol. The molecule has 1 aliphatic rings. The van der Waals surface area contributed by atoms with Crippen molar-refractivity contribution in [3.05, 3.63) is 60.2 Å². The van der Waals surface area contributed by atoms with Gasteiger partial charge in [-0.1, -0.05) is 36.4 Å². The number of carbonyl (C=O) groups is 1. The van der Waals surface area contributed by atoms with Gasteiger partial charge in [-0.15, -0.1) is 10.2 Å². The molecular formula is C20H22N4O. The minimum absolute atomic E-state index is 0.132. The van der Waals surface area contributed by atoms with Gasteiger partial charge in [-0.2, -0.15) is 0 Å². The van der Waals surface area contributed by atoms with Crippen LogP contribution in [0.3, 0.4) is 0 Å². The first-order valence-electron chi connectivity index (χ1n) is 8.92. The van der Waals surface area contributed by atoms with E-state index in [4.69, 9.17) is 0 Å². The predicted octanol–water partition coefficient (Wildman–Crippen LogP) is 3.47. The second-order valence-electron chi connectivity index (χ2n) is 6.57. The summed E-state index contributed by atoms with van der Waals surface area (Å²) in [5.74, 6) is 1.57. The van der Waals surface area contributed by atoms with E-state index in [0.29, 0.717) is 5.92 Å². The summed E-state index contributed by atoms with van der Waals surface area (Å²) in [4.78, 5) is 15.0. The van der Waals surface area contributed by atoms with E-state index in [9.17, 15) is 4.79 Å². The molecule has 2 heterocycles. The van der Waals surface area contributed by atoms with E-state index in [0.717, 1.165) is 54.6 Å². The van der Waals surface area contributed by atoms with Gasteiger partial charge in [0.05, 0.1) is 0 Å². The summed E-state index contributed by atoms with van der Waals surface area (Å²) >= 11 is 0. The summed E-state index contributed by atoms with van der Waals surface area (Å²) < 4.78 is 2.10. The van der Waals surface area contributed by atoms with Crippen molar-refractivity contribution >= 4 is 16.7 Å². The molecule has 0 radical (unpaired) electrons. The number of aromatic nitrogens is 3. The van der Waals surface area contributed by atoms with Crippen molar-refractivity contribution in [2.75, 3.05) is 13.1 Å². The number of benzene rings is 2. The molecule has 0 N–H and O–H groups in total. The zero-order valence-electron chi connectivity index (χ0n) is 14.4. The van der Waals surface area contributed by atoms with E-state index < -0.39 is 0 Å². The zero-order chi connectivity index (χ0) is 17.2. The monoisotopic (exact) mass is 334 g/mol. The lowest BCUT2D eigenvalue weighted by atomic mass is 9.95. The molecule has 5 heteroatoms. The van der Waals surface area contributed by atoms with Gasteiger partial charge < -0.3 is 9.47 Å². The number of rotatable bonds is 3. The number of carbonyl (C=O) groups excluding carboxylic acids is 1. The van der Waals surface area contributed by atoms with E-state index in [-0.39, 0.29) is 5.91 Å². The maximum absolute atomic E-state index is 13.0. The molecule has 0 saturated carbocycles. The average Bonchev–Trinajstić information content (AvgIpc) is 3.16. The Labute approximate surface area is 147 Å². The van der Waals surface area contributed by atoms with Gasteiger partial charge in [0.1, 0.15) is 12.2 Å². The van der Waals surface area contributed by atoms with Crippen LogP contribution in [-0.2, 0) is 6.54 Å². The van der Waals surface area contributed by atoms with Crippen LogP contribution in [0.15, 0.2) is 48.8 Å². The first kappa shape index (κ1) is 15.8. The van der Waals surface area contributed by atoms with Crippen LogP contribution in [0.4, 0.5) is 0 Å². The highest BCUT2D eigenvalue weighted by atomic mass is 16.2. The lowest BCUT2D eigenvalue weighted by Gasteiger charge is -2.32. The summed E-state index contributed by atoms with van der Waals surface area (Å²) in [6.07, 6.45) is 3.67. The molecule has 0 aliphatic carbocycles. The third-order valence-electron chi connectivity index (χ3n) is 5.15. The van der Waals surface area contributed by atoms with Gasteiger partial charge in [0.2, 0.25) is 0 Å². The molecule has 1 aliphatic heterocycles. The minimum atomic E-state index is 0.132. The maximum Gasteiger partial charge on any atom is 0.254 e. The molecule has 5 nitrogen and oxygen atoms in total. The molecule has 25 heavy (non-hydrogen) atoms. The molecule has 1 amide bonds. The molecule has 0 unspecified atom stereocenters. The van der Waals surface area contributed by atoms with Crippen LogP contribution in [0.5, 0.6) is 0 Å². The van der Waals surface area contributed by atoms with Crippen molar-refractivity contribution in [2.45, 2.75) is 32.2 Å². The van der Waals surface area contributed by atoms with Crippen molar-refractivity contribution in [3.8, 4) is 0 Å². The summed E-state index contributed by atoms with van der Waals surface area (Å²) in [6.45, 7) is 4.52. The van der Waals surface area contributed by atoms with Crippen LogP contribution in [0.1, 0.15) is 41.9 Å². The van der Waals surface area contributed by atoms with Crippen molar-refractivity contribution in [1.82, 2.24) is 19.7 Å². The van der Waals surface area contributed by atoms with Crippen molar-refractivity contribution in [1.29, 1.82) is 0 Å². The lowest BCUT2D eigenvalue weighted by Crippen LogP contribution is -2.38. The van der Waals surface area contributed by atoms with Gasteiger partial charge in [-0.3, -0.25) is 4.79 Å². The fourth-order valence-corrected chi connectivity index (χ4v) is 3.75. The molecule has 0 spiro atoms. The van der Waals surface area contributed by atoms with Gasteiger partial charge >= 0.3 is 0 Å². The Kier molecular flexibility index (Phi) is 4.22. The second kappa shape index (κ2) is 6.67. The van der Waals surface area contributed by atoms with Crippen molar-refractivity contribution in [2.24, 2.45) is 0 Å². The number of nitrogens with zero attached hydrogens (tertiary/aromatic N) is 4. The van der Waals surface area contributed by atoms with Gasteiger partial charge in [-0.05, 0) is 36.6 Å². The summed E-state index contributed by atoms with van der Waals surface area (Å²) in [7, 11) is 0. The molecule has 1 aromatic heterocycles. The van der Waals surface area contributed by atoms with Crippen LogP contribution in [0.25, 0.3) is 10.8 Å². The van der Waals surface area contributed by atoms with E-state index in [1.165, 1.54) is 0 Å². The van der Waals surface area contributed by atoms with Crippen LogP contribution in [-0.4, -0.2) is 38.7 Å². The summed E-state index contributed by atoms with van der Waals surface area (Å²) in [6, 6.07) is 14.0. The van der Waals surface area contributed by atoms with Gasteiger partial charge in [0, 0.05) is 31.1 Å². The van der Waals surface area contributed by atoms with Crippen molar-refractivity contribution in [3.63, 3.8) is 0 Å². The number of likely N-dealkylation sites (tertiary alicyclic amines) is 1. The minimum Gasteiger partial charge on any atom is -0.339 e. The zero-order valence-corrected chi connectivity index (χ0v) is 14.4. The first-order chi connectivity index (χ1) is 12.3. The Morgan fingerprint density at radius 2 is 1.88 bits per heavy atom. The smallest absolute Gasteiger partial charge is 0.254 e. The van der Waals surface area contributed by atoms with Crippen LogP contribution >= 0.6 is 0 Å². The second-order valence-corrected chi connectivity index (χ2v) is 6.57. The fourth-order valence-electron chi connectivity index (χ4n) is 3.75. The molecular weight excluding hydrogens is 312 g/mol. The van der Waals surface area contributed by atoms with E-state index >= 15 is 0 Å². The Morgan fingerprint density at radius 1 is 1.12 bits per heavy atom. The number of hydrogen-bond donors (Lipinski definition) is 0. The maximum atomic E-state index is 13.0. The van der Waals surface area contributed by atoms with Crippen LogP contribution in [0.2, 0.25) is 0 Å². The Bertz CT molecular complexity index is 888. The van der Waals surface area contributed by atoms with Gasteiger partial charge in [0.25, 0.3) is 5.91 Å². The van der Waals surface area contributed by atoms with E-state index in [2.05, 4.69) is 33.8 Å². The topological polar surface area (TPSA) is 51.0 Å². The summed E-state index contributed by atoms with van der Waals surface area (Å²) in [5, 5.41) is 10.5.